The minimum absolute atomic E-state index is 0.106. The molecule has 0 radical (unpaired) electrons. The van der Waals surface area contributed by atoms with Crippen LogP contribution in [0.25, 0.3) is 16.5 Å². The van der Waals surface area contributed by atoms with E-state index in [0.29, 0.717) is 11.3 Å². The number of fused-ring (bicyclic) bond motifs is 1. The zero-order valence-electron chi connectivity index (χ0n) is 18.4. The fraction of sp³-hybridized carbons (Fsp3) is 0.0741. The zero-order valence-corrected chi connectivity index (χ0v) is 19.9. The molecule has 8 heteroatoms. The largest absolute Gasteiger partial charge is 0.507 e. The minimum Gasteiger partial charge on any atom is -0.507 e. The van der Waals surface area contributed by atoms with Crippen molar-refractivity contribution in [2.24, 2.45) is 0 Å². The number of aliphatic hydroxyl groups is 1. The van der Waals surface area contributed by atoms with Gasteiger partial charge < -0.3 is 9.84 Å². The lowest BCUT2D eigenvalue weighted by atomic mass is 9.95. The van der Waals surface area contributed by atoms with Crippen molar-refractivity contribution in [2.45, 2.75) is 6.04 Å². The van der Waals surface area contributed by atoms with Crippen molar-refractivity contribution in [1.82, 2.24) is 4.98 Å². The van der Waals surface area contributed by atoms with Crippen LogP contribution in [0.15, 0.2) is 84.7 Å². The van der Waals surface area contributed by atoms with Crippen LogP contribution in [0, 0.1) is 0 Å². The number of aliphatic hydroxyl groups excluding tert-OH is 1. The van der Waals surface area contributed by atoms with Gasteiger partial charge in [-0.05, 0) is 35.2 Å². The van der Waals surface area contributed by atoms with E-state index < -0.39 is 23.5 Å². The van der Waals surface area contributed by atoms with Crippen molar-refractivity contribution in [3.8, 4) is 5.75 Å². The Labute approximate surface area is 211 Å². The fourth-order valence-electron chi connectivity index (χ4n) is 4.44. The number of hydrogen-bond donors (Lipinski definition) is 1. The normalized spacial score (nSPS) is 17.2. The first kappa shape index (κ1) is 22.9. The Morgan fingerprint density at radius 2 is 1.80 bits per heavy atom. The van der Waals surface area contributed by atoms with Gasteiger partial charge in [-0.2, -0.15) is 0 Å². The van der Waals surface area contributed by atoms with E-state index in [1.807, 2.05) is 36.4 Å². The molecular formula is C27H18Cl2N2O4. The summed E-state index contributed by atoms with van der Waals surface area (Å²) in [6.45, 7) is 0. The van der Waals surface area contributed by atoms with Crippen molar-refractivity contribution in [1.29, 1.82) is 0 Å². The molecule has 1 saturated heterocycles. The van der Waals surface area contributed by atoms with E-state index >= 15 is 0 Å². The Morgan fingerprint density at radius 3 is 2.54 bits per heavy atom. The summed E-state index contributed by atoms with van der Waals surface area (Å²) in [5, 5.41) is 13.5. The molecule has 6 nitrogen and oxygen atoms in total. The molecule has 174 valence electrons. The van der Waals surface area contributed by atoms with Gasteiger partial charge in [0.2, 0.25) is 0 Å². The SMILES string of the molecule is COc1c(Cl)cc(Cl)cc1/C(O)=C1\C(=O)C(=O)N(c2cccc3ccccc23)C1c1cccnc1. The van der Waals surface area contributed by atoms with Crippen molar-refractivity contribution < 1.29 is 19.4 Å². The first-order chi connectivity index (χ1) is 16.9. The summed E-state index contributed by atoms with van der Waals surface area (Å²) in [6.07, 6.45) is 3.15. The molecule has 1 N–H and O–H groups in total. The monoisotopic (exact) mass is 504 g/mol. The number of carbonyl (C=O) groups is 2. The van der Waals surface area contributed by atoms with E-state index in [2.05, 4.69) is 4.98 Å². The van der Waals surface area contributed by atoms with Crippen LogP contribution in [0.3, 0.4) is 0 Å². The molecule has 35 heavy (non-hydrogen) atoms. The molecule has 4 aromatic rings. The van der Waals surface area contributed by atoms with E-state index in [0.717, 1.165) is 10.8 Å². The van der Waals surface area contributed by atoms with Crippen LogP contribution in [0.1, 0.15) is 17.2 Å². The number of hydrogen-bond acceptors (Lipinski definition) is 5. The number of nitrogens with zero attached hydrogens (tertiary/aromatic N) is 2. The predicted molar refractivity (Wildman–Crippen MR) is 136 cm³/mol. The maximum absolute atomic E-state index is 13.5. The number of methoxy groups -OCH3 is 1. The molecule has 1 aromatic heterocycles. The van der Waals surface area contributed by atoms with Crippen LogP contribution in [0.5, 0.6) is 5.75 Å². The number of carbonyl (C=O) groups excluding carboxylic acids is 2. The molecule has 1 unspecified atom stereocenters. The summed E-state index contributed by atoms with van der Waals surface area (Å²) >= 11 is 12.5. The number of aromatic nitrogens is 1. The van der Waals surface area contributed by atoms with Crippen molar-refractivity contribution in [3.63, 3.8) is 0 Å². The number of rotatable bonds is 4. The summed E-state index contributed by atoms with van der Waals surface area (Å²) in [5.74, 6) is -1.93. The Balaban J connectivity index is 1.81. The molecule has 1 aliphatic rings. The lowest BCUT2D eigenvalue weighted by molar-refractivity contribution is -0.132. The van der Waals surface area contributed by atoms with Crippen molar-refractivity contribution >= 4 is 57.1 Å². The second-order valence-electron chi connectivity index (χ2n) is 7.92. The molecule has 0 spiro atoms. The third kappa shape index (κ3) is 3.81. The standard InChI is InChI=1S/C27H18Cl2N2O4/c1-35-26-19(12-17(28)13-20(26)29)24(32)22-23(16-8-5-11-30-14-16)31(27(34)25(22)33)21-10-4-7-15-6-2-3-9-18(15)21/h2-14,23,32H,1H3/b24-22+. The number of pyridine rings is 1. The third-order valence-electron chi connectivity index (χ3n) is 5.94. The van der Waals surface area contributed by atoms with E-state index in [-0.39, 0.29) is 26.9 Å². The Kier molecular flexibility index (Phi) is 5.93. The van der Waals surface area contributed by atoms with Crippen LogP contribution in [-0.2, 0) is 9.59 Å². The number of amides is 1. The maximum Gasteiger partial charge on any atom is 0.300 e. The molecular weight excluding hydrogens is 487 g/mol. The summed E-state index contributed by atoms with van der Waals surface area (Å²) in [5.41, 5.74) is 1.07. The quantitative estimate of drug-likeness (QED) is 0.204. The van der Waals surface area contributed by atoms with Crippen LogP contribution in [0.2, 0.25) is 10.0 Å². The highest BCUT2D eigenvalue weighted by Crippen LogP contribution is 2.46. The van der Waals surface area contributed by atoms with Crippen LogP contribution in [-0.4, -0.2) is 28.9 Å². The molecule has 1 aliphatic heterocycles. The van der Waals surface area contributed by atoms with Gasteiger partial charge in [-0.1, -0.05) is 65.7 Å². The van der Waals surface area contributed by atoms with Gasteiger partial charge in [-0.3, -0.25) is 19.5 Å². The number of anilines is 1. The summed E-state index contributed by atoms with van der Waals surface area (Å²) < 4.78 is 5.38. The van der Waals surface area contributed by atoms with Gasteiger partial charge in [-0.15, -0.1) is 0 Å². The van der Waals surface area contributed by atoms with Gasteiger partial charge in [0, 0.05) is 22.8 Å². The van der Waals surface area contributed by atoms with E-state index in [4.69, 9.17) is 27.9 Å². The van der Waals surface area contributed by atoms with Crippen LogP contribution in [0.4, 0.5) is 5.69 Å². The van der Waals surface area contributed by atoms with Gasteiger partial charge in [0.25, 0.3) is 11.7 Å². The Hall–Kier alpha value is -3.87. The second-order valence-corrected chi connectivity index (χ2v) is 8.77. The lowest BCUT2D eigenvalue weighted by Crippen LogP contribution is -2.29. The minimum atomic E-state index is -0.947. The van der Waals surface area contributed by atoms with Gasteiger partial charge >= 0.3 is 0 Å². The molecule has 1 atom stereocenters. The number of benzene rings is 3. The molecule has 5 rings (SSSR count). The predicted octanol–water partition coefficient (Wildman–Crippen LogP) is 6.18. The van der Waals surface area contributed by atoms with Gasteiger partial charge in [0.05, 0.1) is 35.0 Å². The smallest absolute Gasteiger partial charge is 0.300 e. The summed E-state index contributed by atoms with van der Waals surface area (Å²) in [4.78, 5) is 32.5. The molecule has 1 amide bonds. The second kappa shape index (κ2) is 9.06. The third-order valence-corrected chi connectivity index (χ3v) is 6.44. The first-order valence-electron chi connectivity index (χ1n) is 10.6. The topological polar surface area (TPSA) is 79.7 Å². The lowest BCUT2D eigenvalue weighted by Gasteiger charge is -2.26. The number of ether oxygens (including phenoxy) is 1. The van der Waals surface area contributed by atoms with Crippen molar-refractivity contribution in [2.75, 3.05) is 12.0 Å². The summed E-state index contributed by atoms with van der Waals surface area (Å²) in [6, 6.07) is 18.5. The van der Waals surface area contributed by atoms with E-state index in [9.17, 15) is 14.7 Å². The average molecular weight is 505 g/mol. The summed E-state index contributed by atoms with van der Waals surface area (Å²) in [7, 11) is 1.39. The number of Topliss-reactive ketones (excluding diaryl/α,β-unsaturated/α-hetero) is 1. The van der Waals surface area contributed by atoms with Crippen LogP contribution >= 0.6 is 23.2 Å². The number of ketones is 1. The highest BCUT2D eigenvalue weighted by molar-refractivity contribution is 6.52. The fourth-order valence-corrected chi connectivity index (χ4v) is 5.01. The molecule has 0 aliphatic carbocycles. The molecule has 0 bridgehead atoms. The molecule has 0 saturated carbocycles. The van der Waals surface area contributed by atoms with Crippen LogP contribution < -0.4 is 9.64 Å². The highest BCUT2D eigenvalue weighted by Gasteiger charge is 2.47. The Bertz CT molecular complexity index is 1510. The first-order valence-corrected chi connectivity index (χ1v) is 11.4. The van der Waals surface area contributed by atoms with E-state index in [1.54, 1.807) is 30.6 Å². The zero-order chi connectivity index (χ0) is 24.7. The van der Waals surface area contributed by atoms with E-state index in [1.165, 1.54) is 24.1 Å². The molecule has 2 heterocycles. The maximum atomic E-state index is 13.5. The molecule has 1 fully saturated rings. The van der Waals surface area contributed by atoms with Gasteiger partial charge in [-0.25, -0.2) is 0 Å². The van der Waals surface area contributed by atoms with Gasteiger partial charge in [0.1, 0.15) is 11.5 Å². The van der Waals surface area contributed by atoms with Gasteiger partial charge in [0.15, 0.2) is 0 Å². The van der Waals surface area contributed by atoms with Crippen molar-refractivity contribution in [3.05, 3.63) is 106 Å². The highest BCUT2D eigenvalue weighted by atomic mass is 35.5. The molecule has 3 aromatic carbocycles. The number of halogens is 2. The Morgan fingerprint density at radius 1 is 1.03 bits per heavy atom. The average Bonchev–Trinajstić information content (AvgIpc) is 3.13.